The van der Waals surface area contributed by atoms with Gasteiger partial charge in [-0.05, 0) is 31.9 Å². The molecular formula is C17H20ClN3O3S2. The molecule has 2 heterocycles. The number of hydrogen-bond acceptors (Lipinski definition) is 5. The highest BCUT2D eigenvalue weighted by molar-refractivity contribution is 7.88. The Morgan fingerprint density at radius 2 is 2.19 bits per heavy atom. The summed E-state index contributed by atoms with van der Waals surface area (Å²) in [5.74, 6) is -0.103. The number of piperidine rings is 1. The van der Waals surface area contributed by atoms with Crippen LogP contribution in [0.4, 0.5) is 0 Å². The molecule has 1 atom stereocenters. The standard InChI is InChI=1S/C17H20ClN3O3S2/c1-11-15(25-16(19-11)12-5-3-6-13(18)9-12)17(22)21-8-4-7-14(10-21)20-26(2,23)24/h3,5-6,9,14,20H,4,7-8,10H2,1-2H3/t14-/m1/s1. The summed E-state index contributed by atoms with van der Waals surface area (Å²) in [6.07, 6.45) is 2.63. The van der Waals surface area contributed by atoms with Gasteiger partial charge in [-0.2, -0.15) is 0 Å². The van der Waals surface area contributed by atoms with Crippen molar-refractivity contribution in [1.29, 1.82) is 0 Å². The molecule has 2 aromatic rings. The number of likely N-dealkylation sites (tertiary alicyclic amines) is 1. The zero-order chi connectivity index (χ0) is 18.9. The number of nitrogens with zero attached hydrogens (tertiary/aromatic N) is 2. The quantitative estimate of drug-likeness (QED) is 0.835. The van der Waals surface area contributed by atoms with E-state index in [2.05, 4.69) is 9.71 Å². The van der Waals surface area contributed by atoms with E-state index in [4.69, 9.17) is 11.6 Å². The van der Waals surface area contributed by atoms with Gasteiger partial charge in [0.2, 0.25) is 10.0 Å². The smallest absolute Gasteiger partial charge is 0.265 e. The van der Waals surface area contributed by atoms with Crippen LogP contribution in [0.1, 0.15) is 28.2 Å². The fourth-order valence-electron chi connectivity index (χ4n) is 3.04. The molecule has 1 fully saturated rings. The maximum absolute atomic E-state index is 12.9. The average molecular weight is 414 g/mol. The number of carbonyl (C=O) groups excluding carboxylic acids is 1. The summed E-state index contributed by atoms with van der Waals surface area (Å²) >= 11 is 7.38. The number of thiazole rings is 1. The lowest BCUT2D eigenvalue weighted by molar-refractivity contribution is 0.0707. The lowest BCUT2D eigenvalue weighted by Crippen LogP contribution is -2.49. The molecule has 0 aliphatic carbocycles. The van der Waals surface area contributed by atoms with Gasteiger partial charge < -0.3 is 4.90 Å². The topological polar surface area (TPSA) is 79.4 Å². The van der Waals surface area contributed by atoms with Crippen LogP contribution in [0.5, 0.6) is 0 Å². The molecule has 1 N–H and O–H groups in total. The summed E-state index contributed by atoms with van der Waals surface area (Å²) in [7, 11) is -3.29. The van der Waals surface area contributed by atoms with Crippen LogP contribution in [-0.4, -0.2) is 49.6 Å². The molecule has 0 saturated carbocycles. The van der Waals surface area contributed by atoms with Crippen molar-refractivity contribution in [3.05, 3.63) is 39.9 Å². The SMILES string of the molecule is Cc1nc(-c2cccc(Cl)c2)sc1C(=O)N1CCC[C@@H](NS(C)(=O)=O)C1. The predicted molar refractivity (Wildman–Crippen MR) is 104 cm³/mol. The molecule has 6 nitrogen and oxygen atoms in total. The molecule has 1 aromatic heterocycles. The fraction of sp³-hybridized carbons (Fsp3) is 0.412. The summed E-state index contributed by atoms with van der Waals surface area (Å²) in [6.45, 7) is 2.80. The van der Waals surface area contributed by atoms with E-state index in [-0.39, 0.29) is 11.9 Å². The molecule has 0 bridgehead atoms. The average Bonchev–Trinajstić information content (AvgIpc) is 2.95. The first kappa shape index (κ1) is 19.3. The minimum absolute atomic E-state index is 0.103. The summed E-state index contributed by atoms with van der Waals surface area (Å²) in [6, 6.07) is 7.12. The van der Waals surface area contributed by atoms with Crippen molar-refractivity contribution in [1.82, 2.24) is 14.6 Å². The molecule has 0 unspecified atom stereocenters. The van der Waals surface area contributed by atoms with Crippen LogP contribution in [-0.2, 0) is 10.0 Å². The largest absolute Gasteiger partial charge is 0.336 e. The highest BCUT2D eigenvalue weighted by Gasteiger charge is 2.28. The first-order valence-electron chi connectivity index (χ1n) is 8.23. The van der Waals surface area contributed by atoms with Crippen LogP contribution in [0.2, 0.25) is 5.02 Å². The van der Waals surface area contributed by atoms with Crippen LogP contribution in [0.25, 0.3) is 10.6 Å². The van der Waals surface area contributed by atoms with E-state index >= 15 is 0 Å². The summed E-state index contributed by atoms with van der Waals surface area (Å²) in [4.78, 5) is 19.7. The highest BCUT2D eigenvalue weighted by atomic mass is 35.5. The number of halogens is 1. The van der Waals surface area contributed by atoms with E-state index in [1.165, 1.54) is 11.3 Å². The molecule has 26 heavy (non-hydrogen) atoms. The Hall–Kier alpha value is -1.48. The van der Waals surface area contributed by atoms with Crippen molar-refractivity contribution in [3.8, 4) is 10.6 Å². The maximum atomic E-state index is 12.9. The van der Waals surface area contributed by atoms with Gasteiger partial charge in [0.05, 0.1) is 11.9 Å². The van der Waals surface area contributed by atoms with Crippen LogP contribution in [0.15, 0.2) is 24.3 Å². The van der Waals surface area contributed by atoms with Crippen molar-refractivity contribution >= 4 is 38.9 Å². The first-order chi connectivity index (χ1) is 12.2. The Bertz CT molecular complexity index is 927. The third-order valence-electron chi connectivity index (χ3n) is 4.15. The number of rotatable bonds is 4. The van der Waals surface area contributed by atoms with Crippen LogP contribution in [0.3, 0.4) is 0 Å². The Kier molecular flexibility index (Phi) is 5.67. The van der Waals surface area contributed by atoms with Gasteiger partial charge in [-0.1, -0.05) is 23.7 Å². The van der Waals surface area contributed by atoms with Crippen molar-refractivity contribution < 1.29 is 13.2 Å². The second-order valence-electron chi connectivity index (χ2n) is 6.42. The van der Waals surface area contributed by atoms with E-state index in [1.54, 1.807) is 11.0 Å². The maximum Gasteiger partial charge on any atom is 0.265 e. The minimum atomic E-state index is -3.29. The Labute approximate surface area is 162 Å². The molecule has 0 spiro atoms. The van der Waals surface area contributed by atoms with Crippen molar-refractivity contribution in [3.63, 3.8) is 0 Å². The Morgan fingerprint density at radius 3 is 2.88 bits per heavy atom. The summed E-state index contributed by atoms with van der Waals surface area (Å²) in [5.41, 5.74) is 1.55. The molecule has 140 valence electrons. The highest BCUT2D eigenvalue weighted by Crippen LogP contribution is 2.30. The number of carbonyl (C=O) groups is 1. The fourth-order valence-corrected chi connectivity index (χ4v) is 5.06. The normalized spacial score (nSPS) is 18.1. The molecule has 1 amide bonds. The third-order valence-corrected chi connectivity index (χ3v) is 6.34. The van der Waals surface area contributed by atoms with Gasteiger partial charge in [0.1, 0.15) is 9.88 Å². The van der Waals surface area contributed by atoms with Crippen LogP contribution < -0.4 is 4.72 Å². The number of sulfonamides is 1. The van der Waals surface area contributed by atoms with E-state index in [1.807, 2.05) is 25.1 Å². The van der Waals surface area contributed by atoms with E-state index in [0.29, 0.717) is 28.7 Å². The second-order valence-corrected chi connectivity index (χ2v) is 9.64. The number of benzene rings is 1. The molecule has 1 aromatic carbocycles. The number of aryl methyl sites for hydroxylation is 1. The van der Waals surface area contributed by atoms with Gasteiger partial charge >= 0.3 is 0 Å². The number of hydrogen-bond donors (Lipinski definition) is 1. The lowest BCUT2D eigenvalue weighted by atomic mass is 10.1. The Morgan fingerprint density at radius 1 is 1.42 bits per heavy atom. The lowest BCUT2D eigenvalue weighted by Gasteiger charge is -2.32. The molecule has 1 aliphatic heterocycles. The van der Waals surface area contributed by atoms with Gasteiger partial charge in [0.25, 0.3) is 5.91 Å². The van der Waals surface area contributed by atoms with Gasteiger partial charge in [-0.3, -0.25) is 4.79 Å². The monoisotopic (exact) mass is 413 g/mol. The molecule has 9 heteroatoms. The molecule has 3 rings (SSSR count). The minimum Gasteiger partial charge on any atom is -0.336 e. The molecular weight excluding hydrogens is 394 g/mol. The summed E-state index contributed by atoms with van der Waals surface area (Å²) in [5, 5.41) is 1.37. The Balaban J connectivity index is 1.79. The zero-order valence-electron chi connectivity index (χ0n) is 14.5. The third kappa shape index (κ3) is 4.62. The molecule has 1 aliphatic rings. The number of amides is 1. The van der Waals surface area contributed by atoms with E-state index in [0.717, 1.165) is 29.7 Å². The predicted octanol–water partition coefficient (Wildman–Crippen LogP) is 2.93. The van der Waals surface area contributed by atoms with Crippen molar-refractivity contribution in [2.24, 2.45) is 0 Å². The van der Waals surface area contributed by atoms with Crippen molar-refractivity contribution in [2.75, 3.05) is 19.3 Å². The van der Waals surface area contributed by atoms with Gasteiger partial charge in [-0.25, -0.2) is 18.1 Å². The number of aromatic nitrogens is 1. The van der Waals surface area contributed by atoms with Crippen molar-refractivity contribution in [2.45, 2.75) is 25.8 Å². The van der Waals surface area contributed by atoms with Crippen LogP contribution >= 0.6 is 22.9 Å². The van der Waals surface area contributed by atoms with Crippen LogP contribution in [0, 0.1) is 6.92 Å². The van der Waals surface area contributed by atoms with Gasteiger partial charge in [0.15, 0.2) is 0 Å². The number of nitrogens with one attached hydrogen (secondary N) is 1. The van der Waals surface area contributed by atoms with Gasteiger partial charge in [0, 0.05) is 29.7 Å². The molecule has 0 radical (unpaired) electrons. The van der Waals surface area contributed by atoms with Gasteiger partial charge in [-0.15, -0.1) is 11.3 Å². The zero-order valence-corrected chi connectivity index (χ0v) is 16.9. The summed E-state index contributed by atoms with van der Waals surface area (Å²) < 4.78 is 25.5. The van der Waals surface area contributed by atoms with E-state index in [9.17, 15) is 13.2 Å². The first-order valence-corrected chi connectivity index (χ1v) is 11.3. The molecule has 1 saturated heterocycles. The van der Waals surface area contributed by atoms with E-state index < -0.39 is 10.0 Å². The second kappa shape index (κ2) is 7.64.